The summed E-state index contributed by atoms with van der Waals surface area (Å²) in [6.45, 7) is 6.81. The standard InChI is InChI=1S/C15H24N2O2/c1-3-5-13-8-12(10-18)9-15(16-13)17-6-7-19-11-14(17)4-2/h8-9,14,18H,3-7,10-11H2,1-2H3. The molecule has 0 radical (unpaired) electrons. The van der Waals surface area contributed by atoms with Crippen LogP contribution in [0.3, 0.4) is 0 Å². The summed E-state index contributed by atoms with van der Waals surface area (Å²) in [7, 11) is 0. The summed E-state index contributed by atoms with van der Waals surface area (Å²) in [6, 6.07) is 4.41. The number of morpholine rings is 1. The normalized spacial score (nSPS) is 19.7. The Morgan fingerprint density at radius 1 is 1.42 bits per heavy atom. The predicted molar refractivity (Wildman–Crippen MR) is 76.4 cm³/mol. The van der Waals surface area contributed by atoms with Crippen LogP contribution in [0.4, 0.5) is 5.82 Å². The molecule has 1 saturated heterocycles. The fourth-order valence-electron chi connectivity index (χ4n) is 2.55. The van der Waals surface area contributed by atoms with E-state index in [4.69, 9.17) is 9.72 Å². The van der Waals surface area contributed by atoms with Crippen molar-refractivity contribution >= 4 is 5.82 Å². The van der Waals surface area contributed by atoms with Crippen molar-refractivity contribution in [2.24, 2.45) is 0 Å². The third-order valence-corrected chi connectivity index (χ3v) is 3.61. The van der Waals surface area contributed by atoms with Gasteiger partial charge in [-0.15, -0.1) is 0 Å². The molecule has 1 N–H and O–H groups in total. The molecule has 4 nitrogen and oxygen atoms in total. The van der Waals surface area contributed by atoms with E-state index < -0.39 is 0 Å². The summed E-state index contributed by atoms with van der Waals surface area (Å²) >= 11 is 0. The molecule has 106 valence electrons. The van der Waals surface area contributed by atoms with Crippen molar-refractivity contribution in [3.63, 3.8) is 0 Å². The molecule has 0 bridgehead atoms. The van der Waals surface area contributed by atoms with E-state index in [1.165, 1.54) is 0 Å². The zero-order valence-electron chi connectivity index (χ0n) is 11.9. The van der Waals surface area contributed by atoms with Gasteiger partial charge in [-0.2, -0.15) is 0 Å². The molecule has 1 aromatic heterocycles. The van der Waals surface area contributed by atoms with Crippen molar-refractivity contribution in [2.45, 2.75) is 45.8 Å². The Morgan fingerprint density at radius 3 is 2.95 bits per heavy atom. The van der Waals surface area contributed by atoms with Gasteiger partial charge in [-0.05, 0) is 30.5 Å². The van der Waals surface area contributed by atoms with Gasteiger partial charge in [-0.1, -0.05) is 20.3 Å². The third-order valence-electron chi connectivity index (χ3n) is 3.61. The molecule has 0 aliphatic carbocycles. The Kier molecular flexibility index (Phi) is 5.16. The van der Waals surface area contributed by atoms with E-state index in [0.29, 0.717) is 6.04 Å². The van der Waals surface area contributed by atoms with Gasteiger partial charge in [0.2, 0.25) is 0 Å². The fourth-order valence-corrected chi connectivity index (χ4v) is 2.55. The number of aliphatic hydroxyl groups excluding tert-OH is 1. The van der Waals surface area contributed by atoms with Crippen molar-refractivity contribution < 1.29 is 9.84 Å². The van der Waals surface area contributed by atoms with Crippen LogP contribution < -0.4 is 4.90 Å². The molecule has 1 aliphatic heterocycles. The first-order chi connectivity index (χ1) is 9.28. The van der Waals surface area contributed by atoms with Gasteiger partial charge in [0.1, 0.15) is 5.82 Å². The Balaban J connectivity index is 2.28. The van der Waals surface area contributed by atoms with Crippen LogP contribution in [0.5, 0.6) is 0 Å². The molecule has 1 fully saturated rings. The summed E-state index contributed by atoms with van der Waals surface area (Å²) in [5, 5.41) is 9.41. The van der Waals surface area contributed by atoms with Gasteiger partial charge in [0.05, 0.1) is 25.9 Å². The Labute approximate surface area is 115 Å². The van der Waals surface area contributed by atoms with Crippen molar-refractivity contribution in [3.8, 4) is 0 Å². The Morgan fingerprint density at radius 2 is 2.26 bits per heavy atom. The van der Waals surface area contributed by atoms with Gasteiger partial charge in [0.15, 0.2) is 0 Å². The number of ether oxygens (including phenoxy) is 1. The molecule has 1 atom stereocenters. The van der Waals surface area contributed by atoms with Crippen LogP contribution in [0.25, 0.3) is 0 Å². The van der Waals surface area contributed by atoms with Gasteiger partial charge < -0.3 is 14.7 Å². The number of hydrogen-bond donors (Lipinski definition) is 1. The molecule has 1 unspecified atom stereocenters. The lowest BCUT2D eigenvalue weighted by Gasteiger charge is -2.36. The van der Waals surface area contributed by atoms with E-state index in [0.717, 1.165) is 56.1 Å². The highest BCUT2D eigenvalue weighted by molar-refractivity contribution is 5.44. The van der Waals surface area contributed by atoms with Crippen LogP contribution in [0.15, 0.2) is 12.1 Å². The predicted octanol–water partition coefficient (Wildman–Crippen LogP) is 2.14. The topological polar surface area (TPSA) is 45.6 Å². The number of aromatic nitrogens is 1. The summed E-state index contributed by atoms with van der Waals surface area (Å²) in [5.74, 6) is 0.991. The fraction of sp³-hybridized carbons (Fsp3) is 0.667. The highest BCUT2D eigenvalue weighted by Crippen LogP contribution is 2.22. The molecule has 19 heavy (non-hydrogen) atoms. The number of pyridine rings is 1. The van der Waals surface area contributed by atoms with Gasteiger partial charge in [-0.25, -0.2) is 4.98 Å². The average molecular weight is 264 g/mol. The Bertz CT molecular complexity index is 409. The van der Waals surface area contributed by atoms with E-state index in [9.17, 15) is 5.11 Å². The lowest BCUT2D eigenvalue weighted by atomic mass is 10.1. The lowest BCUT2D eigenvalue weighted by Crippen LogP contribution is -2.45. The maximum absolute atomic E-state index is 9.41. The highest BCUT2D eigenvalue weighted by Gasteiger charge is 2.23. The molecule has 2 rings (SSSR count). The first kappa shape index (κ1) is 14.3. The molecule has 0 aromatic carbocycles. The maximum atomic E-state index is 9.41. The molecule has 1 aliphatic rings. The summed E-state index contributed by atoms with van der Waals surface area (Å²) in [5.41, 5.74) is 2.03. The quantitative estimate of drug-likeness (QED) is 0.885. The minimum Gasteiger partial charge on any atom is -0.392 e. The van der Waals surface area contributed by atoms with E-state index >= 15 is 0 Å². The van der Waals surface area contributed by atoms with Crippen molar-refractivity contribution in [3.05, 3.63) is 23.4 Å². The van der Waals surface area contributed by atoms with Crippen LogP contribution in [0.2, 0.25) is 0 Å². The van der Waals surface area contributed by atoms with Gasteiger partial charge in [-0.3, -0.25) is 0 Å². The maximum Gasteiger partial charge on any atom is 0.129 e. The van der Waals surface area contributed by atoms with E-state index in [1.807, 2.05) is 12.1 Å². The summed E-state index contributed by atoms with van der Waals surface area (Å²) in [6.07, 6.45) is 3.08. The van der Waals surface area contributed by atoms with Gasteiger partial charge in [0.25, 0.3) is 0 Å². The first-order valence-corrected chi connectivity index (χ1v) is 7.23. The van der Waals surface area contributed by atoms with Gasteiger partial charge >= 0.3 is 0 Å². The smallest absolute Gasteiger partial charge is 0.129 e. The zero-order valence-corrected chi connectivity index (χ0v) is 11.9. The second-order valence-corrected chi connectivity index (χ2v) is 5.06. The molecule has 4 heteroatoms. The van der Waals surface area contributed by atoms with Crippen molar-refractivity contribution in [1.82, 2.24) is 4.98 Å². The molecular formula is C15H24N2O2. The molecule has 2 heterocycles. The van der Waals surface area contributed by atoms with Crippen LogP contribution >= 0.6 is 0 Å². The van der Waals surface area contributed by atoms with Crippen molar-refractivity contribution in [2.75, 3.05) is 24.7 Å². The third kappa shape index (κ3) is 3.45. The number of nitrogens with zero attached hydrogens (tertiary/aromatic N) is 2. The van der Waals surface area contributed by atoms with E-state index in [2.05, 4.69) is 18.7 Å². The number of hydrogen-bond acceptors (Lipinski definition) is 4. The largest absolute Gasteiger partial charge is 0.392 e. The van der Waals surface area contributed by atoms with Gasteiger partial charge in [0, 0.05) is 12.2 Å². The minimum absolute atomic E-state index is 0.0768. The van der Waals surface area contributed by atoms with Crippen LogP contribution in [0.1, 0.15) is 37.9 Å². The molecule has 1 aromatic rings. The number of rotatable bonds is 5. The van der Waals surface area contributed by atoms with Crippen LogP contribution in [0, 0.1) is 0 Å². The number of aryl methyl sites for hydroxylation is 1. The number of anilines is 1. The second kappa shape index (κ2) is 6.87. The number of aliphatic hydroxyl groups is 1. The monoisotopic (exact) mass is 264 g/mol. The average Bonchev–Trinajstić information content (AvgIpc) is 2.47. The second-order valence-electron chi connectivity index (χ2n) is 5.06. The van der Waals surface area contributed by atoms with Crippen LogP contribution in [-0.4, -0.2) is 35.9 Å². The van der Waals surface area contributed by atoms with Crippen molar-refractivity contribution in [1.29, 1.82) is 0 Å². The Hall–Kier alpha value is -1.13. The first-order valence-electron chi connectivity index (χ1n) is 7.23. The molecule has 0 amide bonds. The lowest BCUT2D eigenvalue weighted by molar-refractivity contribution is 0.0925. The van der Waals surface area contributed by atoms with Crippen LogP contribution in [-0.2, 0) is 17.8 Å². The van der Waals surface area contributed by atoms with E-state index in [1.54, 1.807) is 0 Å². The molecule has 0 spiro atoms. The SMILES string of the molecule is CCCc1cc(CO)cc(N2CCOCC2CC)n1. The molecular weight excluding hydrogens is 240 g/mol. The van der Waals surface area contributed by atoms with E-state index in [-0.39, 0.29) is 6.61 Å². The highest BCUT2D eigenvalue weighted by atomic mass is 16.5. The zero-order chi connectivity index (χ0) is 13.7. The summed E-state index contributed by atoms with van der Waals surface area (Å²) < 4.78 is 5.54. The molecule has 0 saturated carbocycles. The summed E-state index contributed by atoms with van der Waals surface area (Å²) in [4.78, 5) is 7.07. The minimum atomic E-state index is 0.0768.